The molecule has 0 aromatic heterocycles. The van der Waals surface area contributed by atoms with E-state index in [1.807, 2.05) is 0 Å². The van der Waals surface area contributed by atoms with Gasteiger partial charge in [-0.05, 0) is 31.0 Å². The molecule has 0 amide bonds. The van der Waals surface area contributed by atoms with Crippen LogP contribution in [-0.4, -0.2) is 30.5 Å². The molecular weight excluding hydrogens is 285 g/mol. The topological polar surface area (TPSA) is 65.3 Å². The lowest BCUT2D eigenvalue weighted by atomic mass is 9.90. The van der Waals surface area contributed by atoms with E-state index in [-0.39, 0.29) is 12.2 Å². The van der Waals surface area contributed by atoms with Gasteiger partial charge in [-0.1, -0.05) is 0 Å². The Kier molecular flexibility index (Phi) is 4.40. The van der Waals surface area contributed by atoms with E-state index in [1.165, 1.54) is 6.07 Å². The van der Waals surface area contributed by atoms with E-state index in [1.54, 1.807) is 6.07 Å². The number of halogens is 3. The van der Waals surface area contributed by atoms with Crippen LogP contribution in [0.1, 0.15) is 24.0 Å². The quantitative estimate of drug-likeness (QED) is 0.900. The molecule has 1 fully saturated rings. The first-order valence-electron chi connectivity index (χ1n) is 6.48. The molecule has 0 atom stereocenters. The highest BCUT2D eigenvalue weighted by Crippen LogP contribution is 2.33. The van der Waals surface area contributed by atoms with E-state index in [4.69, 9.17) is 10.00 Å². The number of benzene rings is 1. The van der Waals surface area contributed by atoms with Crippen LogP contribution in [0.25, 0.3) is 0 Å². The third kappa shape index (κ3) is 3.46. The first-order valence-corrected chi connectivity index (χ1v) is 6.48. The fourth-order valence-corrected chi connectivity index (χ4v) is 2.29. The van der Waals surface area contributed by atoms with Crippen LogP contribution in [-0.2, 0) is 10.9 Å². The zero-order chi connectivity index (χ0) is 15.5. The molecule has 1 aromatic carbocycles. The van der Waals surface area contributed by atoms with Crippen LogP contribution in [0.3, 0.4) is 0 Å². The lowest BCUT2D eigenvalue weighted by Gasteiger charge is -2.37. The summed E-state index contributed by atoms with van der Waals surface area (Å²) in [6, 6.07) is 4.73. The first kappa shape index (κ1) is 15.6. The largest absolute Gasteiger partial charge is 0.416 e. The molecule has 0 spiro atoms. The fourth-order valence-electron chi connectivity index (χ4n) is 2.29. The van der Waals surface area contributed by atoms with Gasteiger partial charge in [-0.2, -0.15) is 18.4 Å². The Morgan fingerprint density at radius 3 is 2.52 bits per heavy atom. The SMILES string of the molecule is N#Cc1cc(C(F)(F)F)ccc1NC1(CO)CCOCC1. The van der Waals surface area contributed by atoms with Crippen molar-refractivity contribution < 1.29 is 23.0 Å². The number of rotatable bonds is 3. The smallest absolute Gasteiger partial charge is 0.394 e. The third-order valence-corrected chi connectivity index (χ3v) is 3.62. The van der Waals surface area contributed by atoms with Gasteiger partial charge in [0.25, 0.3) is 0 Å². The summed E-state index contributed by atoms with van der Waals surface area (Å²) in [4.78, 5) is 0. The van der Waals surface area contributed by atoms with Gasteiger partial charge in [-0.3, -0.25) is 0 Å². The molecule has 1 saturated heterocycles. The van der Waals surface area contributed by atoms with Gasteiger partial charge in [0.05, 0.1) is 29.0 Å². The zero-order valence-electron chi connectivity index (χ0n) is 11.2. The van der Waals surface area contributed by atoms with Crippen molar-refractivity contribution in [3.63, 3.8) is 0 Å². The number of aliphatic hydroxyl groups is 1. The van der Waals surface area contributed by atoms with E-state index in [9.17, 15) is 18.3 Å². The van der Waals surface area contributed by atoms with Gasteiger partial charge in [0.2, 0.25) is 0 Å². The summed E-state index contributed by atoms with van der Waals surface area (Å²) in [5.74, 6) is 0. The lowest BCUT2D eigenvalue weighted by molar-refractivity contribution is -0.137. The van der Waals surface area contributed by atoms with Crippen molar-refractivity contribution in [3.8, 4) is 6.07 Å². The third-order valence-electron chi connectivity index (χ3n) is 3.62. The average molecular weight is 300 g/mol. The molecule has 1 aliphatic rings. The number of nitrogens with zero attached hydrogens (tertiary/aromatic N) is 1. The highest BCUT2D eigenvalue weighted by Gasteiger charge is 2.34. The first-order chi connectivity index (χ1) is 9.90. The standard InChI is InChI=1S/C14H15F3N2O2/c15-14(16,17)11-1-2-12(10(7-11)8-18)19-13(9-20)3-5-21-6-4-13/h1-2,7,19-20H,3-6,9H2. The van der Waals surface area contributed by atoms with E-state index in [0.29, 0.717) is 31.7 Å². The number of hydrogen-bond donors (Lipinski definition) is 2. The van der Waals surface area contributed by atoms with Crippen LogP contribution in [0.15, 0.2) is 18.2 Å². The summed E-state index contributed by atoms with van der Waals surface area (Å²) in [6.45, 7) is 0.731. The van der Waals surface area contributed by atoms with Gasteiger partial charge in [0, 0.05) is 13.2 Å². The predicted molar refractivity (Wildman–Crippen MR) is 69.7 cm³/mol. The molecule has 1 aromatic rings. The Morgan fingerprint density at radius 1 is 1.33 bits per heavy atom. The number of alkyl halides is 3. The lowest BCUT2D eigenvalue weighted by Crippen LogP contribution is -2.47. The van der Waals surface area contributed by atoms with Crippen LogP contribution in [0.4, 0.5) is 18.9 Å². The Labute approximate surface area is 120 Å². The molecular formula is C14H15F3N2O2. The Bertz CT molecular complexity index is 546. The summed E-state index contributed by atoms with van der Waals surface area (Å²) >= 11 is 0. The second-order valence-corrected chi connectivity index (χ2v) is 5.05. The Morgan fingerprint density at radius 2 is 2.00 bits per heavy atom. The maximum atomic E-state index is 12.6. The monoisotopic (exact) mass is 300 g/mol. The molecule has 21 heavy (non-hydrogen) atoms. The molecule has 0 aliphatic carbocycles. The van der Waals surface area contributed by atoms with Gasteiger partial charge in [0.1, 0.15) is 6.07 Å². The molecule has 7 heteroatoms. The van der Waals surface area contributed by atoms with Crippen molar-refractivity contribution in [2.45, 2.75) is 24.6 Å². The predicted octanol–water partition coefficient (Wildman–Crippen LogP) is 2.53. The summed E-state index contributed by atoms with van der Waals surface area (Å²) < 4.78 is 43.2. The van der Waals surface area contributed by atoms with Crippen molar-refractivity contribution in [3.05, 3.63) is 29.3 Å². The van der Waals surface area contributed by atoms with Crippen molar-refractivity contribution in [1.29, 1.82) is 5.26 Å². The van der Waals surface area contributed by atoms with Crippen LogP contribution in [0.2, 0.25) is 0 Å². The van der Waals surface area contributed by atoms with Gasteiger partial charge in [-0.15, -0.1) is 0 Å². The molecule has 4 nitrogen and oxygen atoms in total. The number of anilines is 1. The highest BCUT2D eigenvalue weighted by atomic mass is 19.4. The number of nitriles is 1. The summed E-state index contributed by atoms with van der Waals surface area (Å²) in [7, 11) is 0. The van der Waals surface area contributed by atoms with Gasteiger partial charge >= 0.3 is 6.18 Å². The zero-order valence-corrected chi connectivity index (χ0v) is 11.2. The van der Waals surface area contributed by atoms with E-state index < -0.39 is 17.3 Å². The molecule has 2 N–H and O–H groups in total. The molecule has 1 aliphatic heterocycles. The highest BCUT2D eigenvalue weighted by molar-refractivity contribution is 5.60. The maximum absolute atomic E-state index is 12.6. The summed E-state index contributed by atoms with van der Waals surface area (Å²) in [6.07, 6.45) is -3.44. The van der Waals surface area contributed by atoms with Crippen LogP contribution >= 0.6 is 0 Å². The average Bonchev–Trinajstić information content (AvgIpc) is 2.47. The maximum Gasteiger partial charge on any atom is 0.416 e. The number of hydrogen-bond acceptors (Lipinski definition) is 4. The second kappa shape index (κ2) is 5.92. The Balaban J connectivity index is 2.30. The van der Waals surface area contributed by atoms with Gasteiger partial charge in [0.15, 0.2) is 0 Å². The van der Waals surface area contributed by atoms with Crippen LogP contribution in [0, 0.1) is 11.3 Å². The van der Waals surface area contributed by atoms with Crippen molar-refractivity contribution in [1.82, 2.24) is 0 Å². The second-order valence-electron chi connectivity index (χ2n) is 5.05. The van der Waals surface area contributed by atoms with Crippen molar-refractivity contribution in [2.24, 2.45) is 0 Å². The van der Waals surface area contributed by atoms with E-state index >= 15 is 0 Å². The molecule has 0 bridgehead atoms. The molecule has 2 rings (SSSR count). The van der Waals surface area contributed by atoms with Crippen LogP contribution < -0.4 is 5.32 Å². The fraction of sp³-hybridized carbons (Fsp3) is 0.500. The minimum Gasteiger partial charge on any atom is -0.394 e. The molecule has 0 saturated carbocycles. The normalized spacial score (nSPS) is 18.0. The molecule has 1 heterocycles. The van der Waals surface area contributed by atoms with Crippen LogP contribution in [0.5, 0.6) is 0 Å². The van der Waals surface area contributed by atoms with Crippen molar-refractivity contribution in [2.75, 3.05) is 25.1 Å². The summed E-state index contributed by atoms with van der Waals surface area (Å²) in [5.41, 5.74) is -1.33. The van der Waals surface area contributed by atoms with Gasteiger partial charge in [-0.25, -0.2) is 0 Å². The van der Waals surface area contributed by atoms with E-state index in [2.05, 4.69) is 5.32 Å². The van der Waals surface area contributed by atoms with Crippen molar-refractivity contribution >= 4 is 5.69 Å². The minimum atomic E-state index is -4.49. The number of ether oxygens (including phenoxy) is 1. The Hall–Kier alpha value is -1.78. The number of nitrogens with one attached hydrogen (secondary N) is 1. The van der Waals surface area contributed by atoms with Gasteiger partial charge < -0.3 is 15.2 Å². The molecule has 0 radical (unpaired) electrons. The van der Waals surface area contributed by atoms with E-state index in [0.717, 1.165) is 12.1 Å². The molecule has 0 unspecified atom stereocenters. The minimum absolute atomic E-state index is 0.0934. The molecule has 114 valence electrons. The number of aliphatic hydroxyl groups excluding tert-OH is 1. The summed E-state index contributed by atoms with van der Waals surface area (Å²) in [5, 5.41) is 21.6.